The lowest BCUT2D eigenvalue weighted by Gasteiger charge is -2.24. The average Bonchev–Trinajstić information content (AvgIpc) is 2.91. The molecule has 17 heavy (non-hydrogen) atoms. The van der Waals surface area contributed by atoms with Gasteiger partial charge in [-0.15, -0.1) is 0 Å². The fraction of sp³-hybridized carbons (Fsp3) is 0.615. The summed E-state index contributed by atoms with van der Waals surface area (Å²) in [7, 11) is 4.05. The van der Waals surface area contributed by atoms with Gasteiger partial charge in [0.15, 0.2) is 0 Å². The third kappa shape index (κ3) is 2.76. The maximum absolute atomic E-state index is 5.40. The molecule has 0 spiro atoms. The van der Waals surface area contributed by atoms with Crippen LogP contribution in [0.3, 0.4) is 0 Å². The monoisotopic (exact) mass is 235 g/mol. The zero-order chi connectivity index (χ0) is 12.3. The van der Waals surface area contributed by atoms with Gasteiger partial charge in [-0.25, -0.2) is 4.98 Å². The number of anilines is 1. The minimum Gasteiger partial charge on any atom is -0.379 e. The van der Waals surface area contributed by atoms with Gasteiger partial charge in [-0.1, -0.05) is 6.07 Å². The van der Waals surface area contributed by atoms with Gasteiger partial charge < -0.3 is 15.0 Å². The molecule has 1 aliphatic rings. The molecule has 1 N–H and O–H groups in total. The van der Waals surface area contributed by atoms with Crippen LogP contribution in [0.2, 0.25) is 0 Å². The van der Waals surface area contributed by atoms with E-state index >= 15 is 0 Å². The Morgan fingerprint density at radius 3 is 2.88 bits per heavy atom. The number of ether oxygens (including phenoxy) is 1. The summed E-state index contributed by atoms with van der Waals surface area (Å²) in [5, 5.41) is 3.21. The van der Waals surface area contributed by atoms with Gasteiger partial charge in [0.1, 0.15) is 5.82 Å². The molecule has 1 saturated heterocycles. The van der Waals surface area contributed by atoms with Crippen molar-refractivity contribution in [1.82, 2.24) is 10.3 Å². The Labute approximate surface area is 103 Å². The van der Waals surface area contributed by atoms with Crippen LogP contribution in [0.4, 0.5) is 5.82 Å². The van der Waals surface area contributed by atoms with Crippen molar-refractivity contribution in [1.29, 1.82) is 0 Å². The smallest absolute Gasteiger partial charge is 0.128 e. The number of nitrogens with one attached hydrogen (secondary N) is 1. The van der Waals surface area contributed by atoms with Gasteiger partial charge in [0.2, 0.25) is 0 Å². The van der Waals surface area contributed by atoms with E-state index in [0.717, 1.165) is 25.5 Å². The number of nitrogens with zero attached hydrogens (tertiary/aromatic N) is 2. The maximum atomic E-state index is 5.40. The van der Waals surface area contributed by atoms with Crippen molar-refractivity contribution < 1.29 is 4.74 Å². The molecule has 1 aliphatic heterocycles. The Morgan fingerprint density at radius 1 is 1.53 bits per heavy atom. The predicted molar refractivity (Wildman–Crippen MR) is 69.3 cm³/mol. The number of hydrogen-bond acceptors (Lipinski definition) is 4. The Bertz CT molecular complexity index is 346. The van der Waals surface area contributed by atoms with E-state index in [9.17, 15) is 0 Å². The van der Waals surface area contributed by atoms with Crippen LogP contribution < -0.4 is 10.2 Å². The molecule has 0 aromatic carbocycles. The molecule has 2 rings (SSSR count). The lowest BCUT2D eigenvalue weighted by molar-refractivity contribution is 0.193. The summed E-state index contributed by atoms with van der Waals surface area (Å²) in [6.45, 7) is 3.81. The Balaban J connectivity index is 2.06. The van der Waals surface area contributed by atoms with E-state index in [4.69, 9.17) is 4.74 Å². The SMILES string of the molecule is CNC(C)c1ccc(N(C)C2CCOC2)nc1. The van der Waals surface area contributed by atoms with Gasteiger partial charge in [0.25, 0.3) is 0 Å². The Morgan fingerprint density at radius 2 is 2.35 bits per heavy atom. The van der Waals surface area contributed by atoms with Gasteiger partial charge in [0.05, 0.1) is 12.6 Å². The van der Waals surface area contributed by atoms with Gasteiger partial charge >= 0.3 is 0 Å². The fourth-order valence-electron chi connectivity index (χ4n) is 2.04. The van der Waals surface area contributed by atoms with Gasteiger partial charge in [-0.05, 0) is 32.0 Å². The summed E-state index contributed by atoms with van der Waals surface area (Å²) in [5.41, 5.74) is 1.22. The number of pyridine rings is 1. The standard InChI is InChI=1S/C13H21N3O/c1-10(14-2)11-4-5-13(15-8-11)16(3)12-6-7-17-9-12/h4-5,8,10,12,14H,6-7,9H2,1-3H3. The predicted octanol–water partition coefficient (Wildman–Crippen LogP) is 1.59. The van der Waals surface area contributed by atoms with Crippen LogP contribution in [0.15, 0.2) is 18.3 Å². The molecule has 1 fully saturated rings. The van der Waals surface area contributed by atoms with E-state index in [-0.39, 0.29) is 0 Å². The molecular formula is C13H21N3O. The van der Waals surface area contributed by atoms with E-state index in [1.807, 2.05) is 13.2 Å². The average molecular weight is 235 g/mol. The van der Waals surface area contributed by atoms with E-state index in [0.29, 0.717) is 12.1 Å². The van der Waals surface area contributed by atoms with Crippen LogP contribution in [-0.2, 0) is 4.74 Å². The maximum Gasteiger partial charge on any atom is 0.128 e. The minimum absolute atomic E-state index is 0.344. The third-order valence-electron chi connectivity index (χ3n) is 3.52. The second-order valence-electron chi connectivity index (χ2n) is 4.59. The normalized spacial score (nSPS) is 21.5. The van der Waals surface area contributed by atoms with E-state index in [1.54, 1.807) is 0 Å². The van der Waals surface area contributed by atoms with Crippen molar-refractivity contribution in [2.24, 2.45) is 0 Å². The molecule has 0 bridgehead atoms. The molecule has 2 atom stereocenters. The molecule has 0 aliphatic carbocycles. The van der Waals surface area contributed by atoms with Crippen LogP contribution in [0.5, 0.6) is 0 Å². The summed E-state index contributed by atoms with van der Waals surface area (Å²) in [5.74, 6) is 1.02. The number of rotatable bonds is 4. The number of aromatic nitrogens is 1. The van der Waals surface area contributed by atoms with E-state index in [1.165, 1.54) is 5.56 Å². The first-order valence-electron chi connectivity index (χ1n) is 6.16. The van der Waals surface area contributed by atoms with Gasteiger partial charge in [-0.3, -0.25) is 0 Å². The Kier molecular flexibility index (Phi) is 3.97. The molecule has 2 unspecified atom stereocenters. The first kappa shape index (κ1) is 12.3. The van der Waals surface area contributed by atoms with Gasteiger partial charge in [0, 0.05) is 25.9 Å². The molecule has 0 radical (unpaired) electrons. The zero-order valence-corrected chi connectivity index (χ0v) is 10.8. The summed E-state index contributed by atoms with van der Waals surface area (Å²) in [4.78, 5) is 6.73. The molecule has 0 amide bonds. The van der Waals surface area contributed by atoms with Crippen LogP contribution >= 0.6 is 0 Å². The highest BCUT2D eigenvalue weighted by atomic mass is 16.5. The number of likely N-dealkylation sites (N-methyl/N-ethyl adjacent to an activating group) is 1. The van der Waals surface area contributed by atoms with E-state index < -0.39 is 0 Å². The summed E-state index contributed by atoms with van der Waals surface area (Å²) in [6, 6.07) is 5.03. The molecule has 4 nitrogen and oxygen atoms in total. The molecule has 94 valence electrons. The van der Waals surface area contributed by atoms with Gasteiger partial charge in [-0.2, -0.15) is 0 Å². The van der Waals surface area contributed by atoms with Crippen molar-refractivity contribution in [2.45, 2.75) is 25.4 Å². The van der Waals surface area contributed by atoms with Crippen molar-refractivity contribution in [3.05, 3.63) is 23.9 Å². The molecular weight excluding hydrogens is 214 g/mol. The molecule has 1 aromatic rings. The second-order valence-corrected chi connectivity index (χ2v) is 4.59. The minimum atomic E-state index is 0.344. The lowest BCUT2D eigenvalue weighted by atomic mass is 10.1. The largest absolute Gasteiger partial charge is 0.379 e. The van der Waals surface area contributed by atoms with Crippen LogP contribution in [0, 0.1) is 0 Å². The molecule has 0 saturated carbocycles. The summed E-state index contributed by atoms with van der Waals surface area (Å²) >= 11 is 0. The van der Waals surface area contributed by atoms with Crippen molar-refractivity contribution in [3.63, 3.8) is 0 Å². The highest BCUT2D eigenvalue weighted by molar-refractivity contribution is 5.40. The fourth-order valence-corrected chi connectivity index (χ4v) is 2.04. The highest BCUT2D eigenvalue weighted by Crippen LogP contribution is 2.19. The first-order chi connectivity index (χ1) is 8.22. The van der Waals surface area contributed by atoms with Crippen LogP contribution in [0.1, 0.15) is 24.9 Å². The quantitative estimate of drug-likeness (QED) is 0.860. The first-order valence-corrected chi connectivity index (χ1v) is 6.16. The molecule has 4 heteroatoms. The van der Waals surface area contributed by atoms with Crippen molar-refractivity contribution in [3.8, 4) is 0 Å². The highest BCUT2D eigenvalue weighted by Gasteiger charge is 2.21. The van der Waals surface area contributed by atoms with E-state index in [2.05, 4.69) is 41.3 Å². The van der Waals surface area contributed by atoms with Crippen molar-refractivity contribution >= 4 is 5.82 Å². The zero-order valence-electron chi connectivity index (χ0n) is 10.8. The summed E-state index contributed by atoms with van der Waals surface area (Å²) in [6.07, 6.45) is 3.04. The summed E-state index contributed by atoms with van der Waals surface area (Å²) < 4.78 is 5.40. The third-order valence-corrected chi connectivity index (χ3v) is 3.52. The van der Waals surface area contributed by atoms with Crippen molar-refractivity contribution in [2.75, 3.05) is 32.2 Å². The topological polar surface area (TPSA) is 37.4 Å². The van der Waals surface area contributed by atoms with Crippen LogP contribution in [0.25, 0.3) is 0 Å². The molecule has 1 aromatic heterocycles. The molecule has 2 heterocycles. The second kappa shape index (κ2) is 5.47. The Hall–Kier alpha value is -1.13. The number of hydrogen-bond donors (Lipinski definition) is 1. The van der Waals surface area contributed by atoms with Crippen LogP contribution in [-0.4, -0.2) is 38.3 Å². The lowest BCUT2D eigenvalue weighted by Crippen LogP contribution is -2.32.